The molecule has 1 unspecified atom stereocenters. The summed E-state index contributed by atoms with van der Waals surface area (Å²) in [6, 6.07) is 6.87. The van der Waals surface area contributed by atoms with Gasteiger partial charge in [0.25, 0.3) is 5.69 Å². The van der Waals surface area contributed by atoms with Gasteiger partial charge >= 0.3 is 0 Å². The molecular formula is C13H20N2O3. The molecule has 2 N–H and O–H groups in total. The second-order valence-electron chi connectivity index (χ2n) is 4.20. The molecule has 0 heterocycles. The lowest BCUT2D eigenvalue weighted by Gasteiger charge is -2.17. The second kappa shape index (κ2) is 7.79. The van der Waals surface area contributed by atoms with Crippen molar-refractivity contribution in [2.45, 2.75) is 32.2 Å². The number of nitrogens with one attached hydrogen (secondary N) is 1. The van der Waals surface area contributed by atoms with Crippen LogP contribution in [0.1, 0.15) is 37.8 Å². The summed E-state index contributed by atoms with van der Waals surface area (Å²) in [6.45, 7) is 3.06. The summed E-state index contributed by atoms with van der Waals surface area (Å²) in [4.78, 5) is 10.3. The van der Waals surface area contributed by atoms with Crippen LogP contribution in [0.5, 0.6) is 0 Å². The molecule has 5 nitrogen and oxygen atoms in total. The van der Waals surface area contributed by atoms with Gasteiger partial charge in [-0.3, -0.25) is 10.1 Å². The van der Waals surface area contributed by atoms with Crippen LogP contribution < -0.4 is 5.32 Å². The summed E-state index contributed by atoms with van der Waals surface area (Å²) >= 11 is 0. The zero-order valence-corrected chi connectivity index (χ0v) is 10.6. The highest BCUT2D eigenvalue weighted by molar-refractivity contribution is 5.35. The van der Waals surface area contributed by atoms with Crippen LogP contribution in [0, 0.1) is 10.1 Å². The van der Waals surface area contributed by atoms with Gasteiger partial charge in [0, 0.05) is 24.8 Å². The summed E-state index contributed by atoms with van der Waals surface area (Å²) in [5.74, 6) is 0. The van der Waals surface area contributed by atoms with Crippen molar-refractivity contribution in [3.63, 3.8) is 0 Å². The summed E-state index contributed by atoms with van der Waals surface area (Å²) < 4.78 is 0. The first-order chi connectivity index (χ1) is 8.69. The topological polar surface area (TPSA) is 75.4 Å². The molecule has 0 radical (unpaired) electrons. The smallest absolute Gasteiger partial charge is 0.269 e. The fourth-order valence-electron chi connectivity index (χ4n) is 1.87. The average Bonchev–Trinajstić information content (AvgIpc) is 2.39. The zero-order valence-electron chi connectivity index (χ0n) is 10.6. The van der Waals surface area contributed by atoms with Gasteiger partial charge in [0.15, 0.2) is 0 Å². The molecule has 0 aliphatic rings. The van der Waals surface area contributed by atoms with E-state index in [0.717, 1.165) is 31.4 Å². The summed E-state index contributed by atoms with van der Waals surface area (Å²) in [6.07, 6.45) is 2.56. The Kier molecular flexibility index (Phi) is 6.32. The van der Waals surface area contributed by atoms with Crippen LogP contribution in [-0.4, -0.2) is 23.2 Å². The standard InChI is InChI=1S/C13H20N2O3/c1-2-13(14-8-3-4-9-16)11-6-5-7-12(10-11)15(17)18/h5-7,10,13-14,16H,2-4,8-9H2,1H3. The molecule has 1 aromatic rings. The van der Waals surface area contributed by atoms with Gasteiger partial charge in [-0.15, -0.1) is 0 Å². The third-order valence-electron chi connectivity index (χ3n) is 2.87. The maximum Gasteiger partial charge on any atom is 0.269 e. The molecule has 0 bridgehead atoms. The number of nitro groups is 1. The highest BCUT2D eigenvalue weighted by atomic mass is 16.6. The van der Waals surface area contributed by atoms with E-state index >= 15 is 0 Å². The molecular weight excluding hydrogens is 232 g/mol. The predicted octanol–water partition coefficient (Wildman–Crippen LogP) is 2.41. The zero-order chi connectivity index (χ0) is 13.4. The highest BCUT2D eigenvalue weighted by Crippen LogP contribution is 2.21. The van der Waals surface area contributed by atoms with Crippen LogP contribution in [0.2, 0.25) is 0 Å². The summed E-state index contributed by atoms with van der Waals surface area (Å²) in [5, 5.41) is 22.8. The lowest BCUT2D eigenvalue weighted by Crippen LogP contribution is -2.22. The Morgan fingerprint density at radius 1 is 1.44 bits per heavy atom. The third-order valence-corrected chi connectivity index (χ3v) is 2.87. The minimum atomic E-state index is -0.373. The number of nitrogens with zero attached hydrogens (tertiary/aromatic N) is 1. The normalized spacial score (nSPS) is 12.3. The van der Waals surface area contributed by atoms with Crippen molar-refractivity contribution in [2.75, 3.05) is 13.2 Å². The number of unbranched alkanes of at least 4 members (excludes halogenated alkanes) is 1. The van der Waals surface area contributed by atoms with Gasteiger partial charge in [-0.05, 0) is 31.4 Å². The second-order valence-corrected chi connectivity index (χ2v) is 4.20. The van der Waals surface area contributed by atoms with E-state index in [4.69, 9.17) is 5.11 Å². The van der Waals surface area contributed by atoms with Gasteiger partial charge in [-0.25, -0.2) is 0 Å². The van der Waals surface area contributed by atoms with Crippen molar-refractivity contribution in [3.8, 4) is 0 Å². The quantitative estimate of drug-likeness (QED) is 0.423. The Morgan fingerprint density at radius 3 is 2.83 bits per heavy atom. The molecule has 0 spiro atoms. The molecule has 0 aromatic heterocycles. The Hall–Kier alpha value is -1.46. The van der Waals surface area contributed by atoms with Crippen LogP contribution in [-0.2, 0) is 0 Å². The lowest BCUT2D eigenvalue weighted by molar-refractivity contribution is -0.384. The van der Waals surface area contributed by atoms with Gasteiger partial charge in [0.2, 0.25) is 0 Å². The first kappa shape index (κ1) is 14.6. The van der Waals surface area contributed by atoms with Gasteiger partial charge in [0.05, 0.1) is 4.92 Å². The molecule has 0 saturated heterocycles. The lowest BCUT2D eigenvalue weighted by atomic mass is 10.0. The number of aliphatic hydroxyl groups excluding tert-OH is 1. The van der Waals surface area contributed by atoms with E-state index in [0.29, 0.717) is 0 Å². The molecule has 100 valence electrons. The highest BCUT2D eigenvalue weighted by Gasteiger charge is 2.12. The summed E-state index contributed by atoms with van der Waals surface area (Å²) in [7, 11) is 0. The van der Waals surface area contributed by atoms with Crippen LogP contribution in [0.4, 0.5) is 5.69 Å². The van der Waals surface area contributed by atoms with E-state index in [1.807, 2.05) is 13.0 Å². The van der Waals surface area contributed by atoms with Crippen molar-refractivity contribution in [3.05, 3.63) is 39.9 Å². The maximum atomic E-state index is 10.7. The Balaban J connectivity index is 2.63. The van der Waals surface area contributed by atoms with Crippen molar-refractivity contribution in [1.29, 1.82) is 0 Å². The first-order valence-electron chi connectivity index (χ1n) is 6.27. The molecule has 0 fully saturated rings. The van der Waals surface area contributed by atoms with Gasteiger partial charge < -0.3 is 10.4 Å². The van der Waals surface area contributed by atoms with E-state index < -0.39 is 0 Å². The van der Waals surface area contributed by atoms with E-state index in [1.54, 1.807) is 12.1 Å². The number of hydrogen-bond donors (Lipinski definition) is 2. The number of aliphatic hydroxyl groups is 1. The van der Waals surface area contributed by atoms with E-state index in [1.165, 1.54) is 6.07 Å². The van der Waals surface area contributed by atoms with Gasteiger partial charge in [-0.2, -0.15) is 0 Å². The fraction of sp³-hybridized carbons (Fsp3) is 0.538. The summed E-state index contributed by atoms with van der Waals surface area (Å²) in [5.41, 5.74) is 1.07. The molecule has 1 atom stereocenters. The third kappa shape index (κ3) is 4.43. The van der Waals surface area contributed by atoms with E-state index in [2.05, 4.69) is 5.32 Å². The van der Waals surface area contributed by atoms with Crippen molar-refractivity contribution < 1.29 is 10.0 Å². The molecule has 1 rings (SSSR count). The predicted molar refractivity (Wildman–Crippen MR) is 70.5 cm³/mol. The molecule has 0 amide bonds. The minimum Gasteiger partial charge on any atom is -0.396 e. The van der Waals surface area contributed by atoms with Crippen LogP contribution in [0.15, 0.2) is 24.3 Å². The maximum absolute atomic E-state index is 10.7. The Bertz CT molecular complexity index is 382. The van der Waals surface area contributed by atoms with Crippen molar-refractivity contribution in [1.82, 2.24) is 5.32 Å². The van der Waals surface area contributed by atoms with Crippen LogP contribution in [0.25, 0.3) is 0 Å². The number of non-ortho nitro benzene ring substituents is 1. The fourth-order valence-corrected chi connectivity index (χ4v) is 1.87. The van der Waals surface area contributed by atoms with Crippen molar-refractivity contribution >= 4 is 5.69 Å². The van der Waals surface area contributed by atoms with E-state index in [-0.39, 0.29) is 23.3 Å². The van der Waals surface area contributed by atoms with E-state index in [9.17, 15) is 10.1 Å². The number of nitro benzene ring substituents is 1. The molecule has 0 aliphatic heterocycles. The molecule has 5 heteroatoms. The van der Waals surface area contributed by atoms with Gasteiger partial charge in [0.1, 0.15) is 0 Å². The Labute approximate surface area is 107 Å². The SMILES string of the molecule is CCC(NCCCCO)c1cccc([N+](=O)[O-])c1. The van der Waals surface area contributed by atoms with Gasteiger partial charge in [-0.1, -0.05) is 19.1 Å². The largest absolute Gasteiger partial charge is 0.396 e. The Morgan fingerprint density at radius 2 is 2.22 bits per heavy atom. The average molecular weight is 252 g/mol. The molecule has 0 saturated carbocycles. The van der Waals surface area contributed by atoms with Crippen molar-refractivity contribution in [2.24, 2.45) is 0 Å². The monoisotopic (exact) mass is 252 g/mol. The first-order valence-corrected chi connectivity index (χ1v) is 6.27. The molecule has 18 heavy (non-hydrogen) atoms. The molecule has 1 aromatic carbocycles. The number of benzene rings is 1. The van der Waals surface area contributed by atoms with Crippen LogP contribution >= 0.6 is 0 Å². The molecule has 0 aliphatic carbocycles. The van der Waals surface area contributed by atoms with Crippen LogP contribution in [0.3, 0.4) is 0 Å². The minimum absolute atomic E-state index is 0.128. The number of rotatable bonds is 8. The number of hydrogen-bond acceptors (Lipinski definition) is 4.